The van der Waals surface area contributed by atoms with E-state index in [-0.39, 0.29) is 6.10 Å². The van der Waals surface area contributed by atoms with Crippen LogP contribution < -0.4 is 14.8 Å². The topological polar surface area (TPSA) is 30.5 Å². The van der Waals surface area contributed by atoms with Crippen LogP contribution in [0, 0.1) is 0 Å². The molecule has 0 aliphatic carbocycles. The summed E-state index contributed by atoms with van der Waals surface area (Å²) in [6.45, 7) is 5.73. The summed E-state index contributed by atoms with van der Waals surface area (Å²) >= 11 is 0. The maximum absolute atomic E-state index is 5.70. The number of hydrogen-bond acceptors (Lipinski definition) is 3. The number of rotatable bonds is 7. The van der Waals surface area contributed by atoms with Crippen molar-refractivity contribution >= 4 is 0 Å². The van der Waals surface area contributed by atoms with Crippen molar-refractivity contribution < 1.29 is 9.47 Å². The van der Waals surface area contributed by atoms with Crippen LogP contribution in [0.15, 0.2) is 48.5 Å². The molecule has 21 heavy (non-hydrogen) atoms. The van der Waals surface area contributed by atoms with E-state index in [2.05, 4.69) is 29.6 Å². The fraction of sp³-hybridized carbons (Fsp3) is 0.333. The maximum Gasteiger partial charge on any atom is 0.120 e. The van der Waals surface area contributed by atoms with E-state index in [1.54, 1.807) is 7.11 Å². The van der Waals surface area contributed by atoms with Crippen LogP contribution in [-0.2, 0) is 13.1 Å². The van der Waals surface area contributed by atoms with Crippen molar-refractivity contribution in [1.82, 2.24) is 5.32 Å². The van der Waals surface area contributed by atoms with E-state index >= 15 is 0 Å². The molecule has 112 valence electrons. The first-order valence-electron chi connectivity index (χ1n) is 7.26. The van der Waals surface area contributed by atoms with Crippen molar-refractivity contribution in [3.63, 3.8) is 0 Å². The Balaban J connectivity index is 1.85. The Kier molecular flexibility index (Phi) is 5.64. The summed E-state index contributed by atoms with van der Waals surface area (Å²) in [6, 6.07) is 16.3. The minimum absolute atomic E-state index is 0.201. The fourth-order valence-corrected chi connectivity index (χ4v) is 2.10. The molecule has 0 atom stereocenters. The van der Waals surface area contributed by atoms with E-state index in [1.807, 2.05) is 38.1 Å². The highest BCUT2D eigenvalue weighted by atomic mass is 16.5. The summed E-state index contributed by atoms with van der Waals surface area (Å²) in [4.78, 5) is 0. The van der Waals surface area contributed by atoms with Crippen molar-refractivity contribution in [2.75, 3.05) is 7.11 Å². The molecule has 0 radical (unpaired) electrons. The lowest BCUT2D eigenvalue weighted by Gasteiger charge is -2.11. The molecule has 3 heteroatoms. The third-order valence-corrected chi connectivity index (χ3v) is 3.09. The smallest absolute Gasteiger partial charge is 0.120 e. The average molecular weight is 285 g/mol. The van der Waals surface area contributed by atoms with Gasteiger partial charge in [0.25, 0.3) is 0 Å². The summed E-state index contributed by atoms with van der Waals surface area (Å²) in [5.74, 6) is 1.81. The lowest BCUT2D eigenvalue weighted by atomic mass is 10.2. The van der Waals surface area contributed by atoms with Gasteiger partial charge in [-0.25, -0.2) is 0 Å². The highest BCUT2D eigenvalue weighted by molar-refractivity contribution is 5.29. The lowest BCUT2D eigenvalue weighted by molar-refractivity contribution is 0.242. The molecule has 0 aromatic heterocycles. The second kappa shape index (κ2) is 7.70. The fourth-order valence-electron chi connectivity index (χ4n) is 2.10. The van der Waals surface area contributed by atoms with Gasteiger partial charge in [-0.15, -0.1) is 0 Å². The second-order valence-corrected chi connectivity index (χ2v) is 5.27. The Bertz CT molecular complexity index is 549. The molecule has 0 saturated carbocycles. The number of methoxy groups -OCH3 is 1. The van der Waals surface area contributed by atoms with Gasteiger partial charge in [0.05, 0.1) is 13.2 Å². The molecule has 0 unspecified atom stereocenters. The van der Waals surface area contributed by atoms with Crippen molar-refractivity contribution in [1.29, 1.82) is 0 Å². The molecule has 0 amide bonds. The zero-order chi connectivity index (χ0) is 15.1. The van der Waals surface area contributed by atoms with Gasteiger partial charge in [0.15, 0.2) is 0 Å². The number of hydrogen-bond donors (Lipinski definition) is 1. The van der Waals surface area contributed by atoms with Crippen molar-refractivity contribution in [2.24, 2.45) is 0 Å². The Hall–Kier alpha value is -2.00. The quantitative estimate of drug-likeness (QED) is 0.840. The summed E-state index contributed by atoms with van der Waals surface area (Å²) in [5, 5.41) is 3.44. The van der Waals surface area contributed by atoms with E-state index in [9.17, 15) is 0 Å². The van der Waals surface area contributed by atoms with Crippen LogP contribution in [0.5, 0.6) is 11.5 Å². The molecule has 0 heterocycles. The summed E-state index contributed by atoms with van der Waals surface area (Å²) in [5.41, 5.74) is 2.46. The molecule has 0 fully saturated rings. The molecule has 3 nitrogen and oxygen atoms in total. The summed E-state index contributed by atoms with van der Waals surface area (Å²) in [6.07, 6.45) is 0.201. The van der Waals surface area contributed by atoms with E-state index in [0.717, 1.165) is 24.6 Å². The van der Waals surface area contributed by atoms with Gasteiger partial charge < -0.3 is 14.8 Å². The highest BCUT2D eigenvalue weighted by Crippen LogP contribution is 2.15. The monoisotopic (exact) mass is 285 g/mol. The van der Waals surface area contributed by atoms with Gasteiger partial charge in [-0.2, -0.15) is 0 Å². The van der Waals surface area contributed by atoms with Gasteiger partial charge in [0.1, 0.15) is 11.5 Å². The molecule has 0 saturated heterocycles. The average Bonchev–Trinajstić information content (AvgIpc) is 2.48. The highest BCUT2D eigenvalue weighted by Gasteiger charge is 2.00. The Morgan fingerprint density at radius 3 is 2.29 bits per heavy atom. The van der Waals surface area contributed by atoms with Gasteiger partial charge in [-0.3, -0.25) is 0 Å². The van der Waals surface area contributed by atoms with Crippen LogP contribution >= 0.6 is 0 Å². The van der Waals surface area contributed by atoms with E-state index in [1.165, 1.54) is 11.1 Å². The third kappa shape index (κ3) is 5.12. The molecule has 0 bridgehead atoms. The van der Waals surface area contributed by atoms with Crippen molar-refractivity contribution in [3.8, 4) is 11.5 Å². The van der Waals surface area contributed by atoms with E-state index in [0.29, 0.717) is 0 Å². The van der Waals surface area contributed by atoms with Crippen LogP contribution in [0.3, 0.4) is 0 Å². The van der Waals surface area contributed by atoms with Gasteiger partial charge in [0.2, 0.25) is 0 Å². The van der Waals surface area contributed by atoms with Crippen LogP contribution in [0.2, 0.25) is 0 Å². The minimum Gasteiger partial charge on any atom is -0.497 e. The zero-order valence-electron chi connectivity index (χ0n) is 12.9. The predicted octanol–water partition coefficient (Wildman–Crippen LogP) is 3.77. The molecule has 2 aromatic rings. The number of ether oxygens (including phenoxy) is 2. The number of benzene rings is 2. The maximum atomic E-state index is 5.70. The first kappa shape index (κ1) is 15.4. The summed E-state index contributed by atoms with van der Waals surface area (Å²) in [7, 11) is 1.68. The van der Waals surface area contributed by atoms with E-state index < -0.39 is 0 Å². The summed E-state index contributed by atoms with van der Waals surface area (Å²) < 4.78 is 10.9. The van der Waals surface area contributed by atoms with Crippen molar-refractivity contribution in [3.05, 3.63) is 59.7 Å². The molecule has 2 aromatic carbocycles. The normalized spacial score (nSPS) is 10.7. The lowest BCUT2D eigenvalue weighted by Crippen LogP contribution is -2.13. The first-order chi connectivity index (χ1) is 10.2. The van der Waals surface area contributed by atoms with Gasteiger partial charge in [0, 0.05) is 13.1 Å². The van der Waals surface area contributed by atoms with Crippen molar-refractivity contribution in [2.45, 2.75) is 33.0 Å². The van der Waals surface area contributed by atoms with Gasteiger partial charge in [-0.05, 0) is 49.2 Å². The van der Waals surface area contributed by atoms with Gasteiger partial charge in [-0.1, -0.05) is 24.3 Å². The molecule has 1 N–H and O–H groups in total. The molecular formula is C18H23NO2. The minimum atomic E-state index is 0.201. The molecule has 0 aliphatic heterocycles. The van der Waals surface area contributed by atoms with Crippen LogP contribution in [0.25, 0.3) is 0 Å². The van der Waals surface area contributed by atoms with E-state index in [4.69, 9.17) is 9.47 Å². The number of nitrogens with one attached hydrogen (secondary N) is 1. The molecule has 0 spiro atoms. The molecule has 2 rings (SSSR count). The Morgan fingerprint density at radius 2 is 1.62 bits per heavy atom. The van der Waals surface area contributed by atoms with Gasteiger partial charge >= 0.3 is 0 Å². The molecule has 0 aliphatic rings. The van der Waals surface area contributed by atoms with Crippen LogP contribution in [0.4, 0.5) is 0 Å². The molecular weight excluding hydrogens is 262 g/mol. The third-order valence-electron chi connectivity index (χ3n) is 3.09. The standard InChI is InChI=1S/C18H23NO2/c1-14(2)21-18-6-4-5-16(11-18)13-19-12-15-7-9-17(20-3)10-8-15/h4-11,14,19H,12-13H2,1-3H3. The van der Waals surface area contributed by atoms with Crippen LogP contribution in [-0.4, -0.2) is 13.2 Å². The zero-order valence-corrected chi connectivity index (χ0v) is 12.9. The Labute approximate surface area is 126 Å². The predicted molar refractivity (Wildman–Crippen MR) is 85.7 cm³/mol. The Morgan fingerprint density at radius 1 is 0.905 bits per heavy atom. The largest absolute Gasteiger partial charge is 0.497 e. The van der Waals surface area contributed by atoms with Crippen LogP contribution in [0.1, 0.15) is 25.0 Å². The second-order valence-electron chi connectivity index (χ2n) is 5.27. The first-order valence-corrected chi connectivity index (χ1v) is 7.26. The SMILES string of the molecule is COc1ccc(CNCc2cccc(OC(C)C)c2)cc1.